The number of amides is 2. The van der Waals surface area contributed by atoms with Crippen LogP contribution in [0.25, 0.3) is 64.6 Å². The van der Waals surface area contributed by atoms with Gasteiger partial charge in [0.2, 0.25) is 0 Å². The van der Waals surface area contributed by atoms with Crippen molar-refractivity contribution in [3.63, 3.8) is 0 Å². The minimum Gasteiger partial charge on any atom is -0.491 e. The number of anilines is 2. The van der Waals surface area contributed by atoms with Gasteiger partial charge in [-0.05, 0) is 111 Å². The van der Waals surface area contributed by atoms with E-state index in [2.05, 4.69) is 180 Å². The van der Waals surface area contributed by atoms with Crippen LogP contribution in [0.5, 0.6) is 23.0 Å². The lowest BCUT2D eigenvalue weighted by Gasteiger charge is -2.23. The second kappa shape index (κ2) is 22.9. The second-order valence-corrected chi connectivity index (χ2v) is 21.5. The molecule has 0 saturated heterocycles. The Kier molecular flexibility index (Phi) is 14.3. The number of para-hydroxylation sites is 4. The van der Waals surface area contributed by atoms with Gasteiger partial charge in [0, 0.05) is 47.8 Å². The van der Waals surface area contributed by atoms with E-state index in [1.54, 1.807) is 0 Å². The smallest absolute Gasteiger partial charge is 0.262 e. The van der Waals surface area contributed by atoms with Crippen LogP contribution in [0.2, 0.25) is 0 Å². The first-order valence-corrected chi connectivity index (χ1v) is 28.6. The molecule has 2 aliphatic rings. The highest BCUT2D eigenvalue weighted by Crippen LogP contribution is 2.42. The lowest BCUT2D eigenvalue weighted by molar-refractivity contribution is -0.118. The first-order valence-electron chi connectivity index (χ1n) is 28.6. The van der Waals surface area contributed by atoms with Gasteiger partial charge in [-0.1, -0.05) is 170 Å². The molecule has 1 aliphatic carbocycles. The van der Waals surface area contributed by atoms with Gasteiger partial charge in [-0.25, -0.2) is 0 Å². The molecule has 0 atom stereocenters. The average molecular weight is 1100 g/mol. The fraction of sp³-hybridized carbons (Fsp3) is 0.194. The topological polar surface area (TPSA) is 123 Å². The van der Waals surface area contributed by atoms with Crippen LogP contribution in [0.1, 0.15) is 44.5 Å². The molecule has 0 saturated carbocycles. The molecule has 12 aromatic carbocycles. The third kappa shape index (κ3) is 10.4. The molecule has 1 heterocycles. The largest absolute Gasteiger partial charge is 0.491 e. The molecule has 2 N–H and O–H groups in total. The Morgan fingerprint density at radius 2 is 0.614 bits per heavy atom. The molecule has 2 amide bonds. The lowest BCUT2D eigenvalue weighted by atomic mass is 9.91. The zero-order valence-corrected chi connectivity index (χ0v) is 45.9. The van der Waals surface area contributed by atoms with Gasteiger partial charge < -0.3 is 43.8 Å². The Bertz CT molecular complexity index is 4010. The number of rotatable bonds is 8. The van der Waals surface area contributed by atoms with Crippen molar-refractivity contribution in [1.29, 1.82) is 0 Å². The van der Waals surface area contributed by atoms with Crippen LogP contribution in [0.3, 0.4) is 0 Å². The molecule has 11 nitrogen and oxygen atoms in total. The van der Waals surface area contributed by atoms with Crippen molar-refractivity contribution in [2.75, 3.05) is 76.7 Å². The summed E-state index contributed by atoms with van der Waals surface area (Å²) in [5.74, 6) is 2.11. The predicted octanol–water partition coefficient (Wildman–Crippen LogP) is 14.0. The number of carbonyl (C=O) groups is 2. The van der Waals surface area contributed by atoms with E-state index >= 15 is 0 Å². The maximum atomic E-state index is 14.3. The summed E-state index contributed by atoms with van der Waals surface area (Å²) in [4.78, 5) is 28.6. The number of fused-ring (bicyclic) bond motifs is 2. The van der Waals surface area contributed by atoms with E-state index in [9.17, 15) is 9.59 Å². The minimum absolute atomic E-state index is 0.231. The summed E-state index contributed by atoms with van der Waals surface area (Å²) in [6.07, 6.45) is 1.69. The van der Waals surface area contributed by atoms with Gasteiger partial charge in [-0.15, -0.1) is 0 Å². The fourth-order valence-electron chi connectivity index (χ4n) is 12.5. The molecule has 11 heteroatoms. The Labute approximate surface area is 480 Å². The van der Waals surface area contributed by atoms with Crippen LogP contribution in [0.15, 0.2) is 182 Å². The maximum Gasteiger partial charge on any atom is 0.262 e. The van der Waals surface area contributed by atoms with Crippen molar-refractivity contribution in [1.82, 2.24) is 0 Å². The standard InChI is InChI=1S/C72H60N2O9/c75-63(73-61-29-25-49-21-19-45-7-1-9-47-23-27-59(61)67(49)65(45)47)43-82-71-55-15-5-16-56(71)40-52-12-4-14-54-42-58-18-6-17-57(41-53-13-3-11-51(39-55)69(53)80-37-35-78-33-31-77-32-34-79-36-38-81-70(52)54)72(58)83-44-64(76)74-62-30-26-50-22-20-46-8-2-10-48-24-28-60(62)68(50)66(46)48/h1-30H,31-44H2,(H,73,75)(H,74,76). The summed E-state index contributed by atoms with van der Waals surface area (Å²) in [6.45, 7) is 2.41. The highest BCUT2D eigenvalue weighted by Gasteiger charge is 2.24. The number of nitrogens with one attached hydrogen (secondary N) is 2. The Morgan fingerprint density at radius 3 is 0.976 bits per heavy atom. The van der Waals surface area contributed by atoms with Crippen LogP contribution in [0.4, 0.5) is 11.4 Å². The predicted molar refractivity (Wildman–Crippen MR) is 329 cm³/mol. The average Bonchev–Trinajstić information content (AvgIpc) is 3.65. The Morgan fingerprint density at radius 1 is 0.325 bits per heavy atom. The highest BCUT2D eigenvalue weighted by molar-refractivity contribution is 6.27. The van der Waals surface area contributed by atoms with E-state index in [-0.39, 0.29) is 38.2 Å². The Hall–Kier alpha value is -9.26. The van der Waals surface area contributed by atoms with Gasteiger partial charge in [-0.3, -0.25) is 9.59 Å². The van der Waals surface area contributed by atoms with Crippen molar-refractivity contribution in [2.45, 2.75) is 25.7 Å². The second-order valence-electron chi connectivity index (χ2n) is 21.5. The van der Waals surface area contributed by atoms with Crippen LogP contribution >= 0.6 is 0 Å². The molecule has 83 heavy (non-hydrogen) atoms. The van der Waals surface area contributed by atoms with E-state index in [0.29, 0.717) is 88.3 Å². The van der Waals surface area contributed by atoms with E-state index in [0.717, 1.165) is 110 Å². The van der Waals surface area contributed by atoms with Crippen molar-refractivity contribution in [3.8, 4) is 23.0 Å². The number of carbonyl (C=O) groups excluding carboxylic acids is 2. The number of benzene rings is 12. The lowest BCUT2D eigenvalue weighted by Crippen LogP contribution is -2.21. The summed E-state index contributed by atoms with van der Waals surface area (Å²) in [5.41, 5.74) is 8.71. The summed E-state index contributed by atoms with van der Waals surface area (Å²) in [6, 6.07) is 62.6. The first-order chi connectivity index (χ1) is 41.0. The van der Waals surface area contributed by atoms with Crippen LogP contribution in [-0.2, 0) is 49.5 Å². The van der Waals surface area contributed by atoms with E-state index in [4.69, 9.17) is 33.2 Å². The number of hydrogen-bond donors (Lipinski definition) is 2. The summed E-state index contributed by atoms with van der Waals surface area (Å²) in [5, 5.41) is 19.9. The van der Waals surface area contributed by atoms with Gasteiger partial charge in [0.05, 0.1) is 39.6 Å². The molecule has 14 rings (SSSR count). The molecule has 1 aliphatic heterocycles. The van der Waals surface area contributed by atoms with Crippen LogP contribution < -0.4 is 29.6 Å². The molecule has 0 unspecified atom stereocenters. The maximum absolute atomic E-state index is 14.3. The molecular weight excluding hydrogens is 1040 g/mol. The third-order valence-electron chi connectivity index (χ3n) is 16.2. The molecule has 0 aromatic heterocycles. The quantitative estimate of drug-likeness (QED) is 0.143. The SMILES string of the molecule is O=C(COc1c2cccc1Cc1cccc3c1OCCOCCOCCOCCOc1c(cccc1Cc1cccc(c1OCC(=O)Nc1ccc4ccc5cccc6ccc1c4c56)C3)C2)Nc1ccc2ccc3cccc4ccc1c2c34. The minimum atomic E-state index is -0.275. The zero-order chi connectivity index (χ0) is 55.6. The van der Waals surface area contributed by atoms with Gasteiger partial charge in [-0.2, -0.15) is 0 Å². The number of hydrogen-bond acceptors (Lipinski definition) is 9. The molecule has 0 spiro atoms. The molecule has 10 bridgehead atoms. The molecule has 0 fully saturated rings. The zero-order valence-electron chi connectivity index (χ0n) is 45.9. The van der Waals surface area contributed by atoms with Crippen molar-refractivity contribution in [2.24, 2.45) is 0 Å². The fourth-order valence-corrected chi connectivity index (χ4v) is 12.5. The van der Waals surface area contributed by atoms with Gasteiger partial charge in [0.1, 0.15) is 36.2 Å². The van der Waals surface area contributed by atoms with Crippen LogP contribution in [-0.4, -0.2) is 77.9 Å². The van der Waals surface area contributed by atoms with E-state index in [1.807, 2.05) is 12.1 Å². The summed E-state index contributed by atoms with van der Waals surface area (Å²) in [7, 11) is 0. The third-order valence-corrected chi connectivity index (χ3v) is 16.2. The molecule has 412 valence electrons. The normalized spacial score (nSPS) is 14.4. The summed E-state index contributed by atoms with van der Waals surface area (Å²) < 4.78 is 45.2. The molecule has 12 aromatic rings. The summed E-state index contributed by atoms with van der Waals surface area (Å²) >= 11 is 0. The van der Waals surface area contributed by atoms with Gasteiger partial charge in [0.15, 0.2) is 13.2 Å². The monoisotopic (exact) mass is 1100 g/mol. The van der Waals surface area contributed by atoms with Crippen molar-refractivity contribution >= 4 is 87.8 Å². The van der Waals surface area contributed by atoms with Gasteiger partial charge in [0.25, 0.3) is 11.8 Å². The Balaban J connectivity index is 0.822. The molecule has 0 radical (unpaired) electrons. The van der Waals surface area contributed by atoms with Crippen molar-refractivity contribution in [3.05, 3.63) is 226 Å². The first kappa shape index (κ1) is 51.9. The van der Waals surface area contributed by atoms with Crippen molar-refractivity contribution < 1.29 is 42.7 Å². The van der Waals surface area contributed by atoms with E-state index in [1.165, 1.54) is 10.8 Å². The number of ether oxygens (including phenoxy) is 7. The van der Waals surface area contributed by atoms with Crippen LogP contribution in [0, 0.1) is 0 Å². The van der Waals surface area contributed by atoms with E-state index < -0.39 is 0 Å². The highest BCUT2D eigenvalue weighted by atomic mass is 16.6. The van der Waals surface area contributed by atoms with Gasteiger partial charge >= 0.3 is 0 Å². The molecular formula is C72H60N2O9.